The molecule has 0 saturated carbocycles. The Balaban J connectivity index is 1.67. The number of nitrogens with zero attached hydrogens (tertiary/aromatic N) is 9. The van der Waals surface area contributed by atoms with Crippen LogP contribution in [0.4, 0.5) is 27.8 Å². The molecule has 0 aliphatic heterocycles. The van der Waals surface area contributed by atoms with Crippen LogP contribution in [-0.2, 0) is 6.18 Å². The zero-order valence-corrected chi connectivity index (χ0v) is 18.6. The number of fused-ring (bicyclic) bond motifs is 1. The zero-order chi connectivity index (χ0) is 26.5. The zero-order valence-electron chi connectivity index (χ0n) is 18.6. The summed E-state index contributed by atoms with van der Waals surface area (Å²) in [6.07, 6.45) is -0.336. The summed E-state index contributed by atoms with van der Waals surface area (Å²) in [4.78, 5) is 14.9. The lowest BCUT2D eigenvalue weighted by Crippen LogP contribution is -2.11. The molecule has 186 valence electrons. The molecule has 0 saturated heterocycles. The molecular formula is C22H13F5N10. The van der Waals surface area contributed by atoms with Crippen LogP contribution in [0.25, 0.3) is 27.8 Å². The summed E-state index contributed by atoms with van der Waals surface area (Å²) in [5.74, 6) is -3.00. The second kappa shape index (κ2) is 8.59. The Morgan fingerprint density at radius 3 is 2.46 bits per heavy atom. The number of hydrogen-bond acceptors (Lipinski definition) is 8. The van der Waals surface area contributed by atoms with Gasteiger partial charge in [-0.05, 0) is 19.1 Å². The van der Waals surface area contributed by atoms with Gasteiger partial charge in [0.25, 0.3) is 0 Å². The van der Waals surface area contributed by atoms with Crippen molar-refractivity contribution in [3.63, 3.8) is 0 Å². The molecule has 0 spiro atoms. The molecule has 4 aromatic heterocycles. The molecule has 4 heterocycles. The first-order valence-electron chi connectivity index (χ1n) is 10.4. The number of nitrogens with two attached hydrogens (primary N) is 1. The number of anilines is 1. The van der Waals surface area contributed by atoms with Crippen LogP contribution >= 0.6 is 0 Å². The number of hydrogen-bond donors (Lipinski definition) is 1. The van der Waals surface area contributed by atoms with Gasteiger partial charge >= 0.3 is 6.18 Å². The third-order valence-electron chi connectivity index (χ3n) is 5.60. The first kappa shape index (κ1) is 23.7. The third kappa shape index (κ3) is 3.97. The van der Waals surface area contributed by atoms with Gasteiger partial charge in [-0.25, -0.2) is 33.4 Å². The van der Waals surface area contributed by atoms with E-state index < -0.39 is 29.7 Å². The lowest BCUT2D eigenvalue weighted by Gasteiger charge is -2.13. The number of benzene rings is 1. The highest BCUT2D eigenvalue weighted by Crippen LogP contribution is 2.39. The SMILES string of the molecule is C[C@@H](c1cn(-c2ccc(F)cc2F)nn1)n1c(C#N)c(-c2cnc(C(F)(F)F)nc2)c2c(N)ncnc21. The summed E-state index contributed by atoms with van der Waals surface area (Å²) < 4.78 is 69.0. The Morgan fingerprint density at radius 2 is 1.81 bits per heavy atom. The van der Waals surface area contributed by atoms with Gasteiger partial charge < -0.3 is 10.3 Å². The second-order valence-electron chi connectivity index (χ2n) is 7.82. The molecule has 0 amide bonds. The van der Waals surface area contributed by atoms with Crippen LogP contribution in [-0.4, -0.2) is 39.5 Å². The van der Waals surface area contributed by atoms with Crippen molar-refractivity contribution < 1.29 is 22.0 Å². The standard InChI is InChI=1S/C22H13F5N10/c1-10(14-8-36(35-34-14)15-3-2-12(23)4-13(15)24)37-16(5-28)17(18-19(29)32-9-33-20(18)37)11-6-30-21(31-7-11)22(25,26)27/h2-4,6-10H,1H3,(H2,29,32,33)/t10-/m0/s1. The normalized spacial score (nSPS) is 12.6. The fraction of sp³-hybridized carbons (Fsp3) is 0.136. The van der Waals surface area contributed by atoms with Crippen LogP contribution in [0.3, 0.4) is 0 Å². The largest absolute Gasteiger partial charge is 0.451 e. The van der Waals surface area contributed by atoms with Gasteiger partial charge in [-0.1, -0.05) is 5.21 Å². The van der Waals surface area contributed by atoms with Crippen LogP contribution in [0.1, 0.15) is 30.2 Å². The number of alkyl halides is 3. The van der Waals surface area contributed by atoms with Crippen LogP contribution < -0.4 is 5.73 Å². The van der Waals surface area contributed by atoms with E-state index in [1.165, 1.54) is 23.2 Å². The van der Waals surface area contributed by atoms with Crippen molar-refractivity contribution in [3.05, 3.63) is 72.0 Å². The molecule has 5 aromatic rings. The fourth-order valence-electron chi connectivity index (χ4n) is 3.91. The summed E-state index contributed by atoms with van der Waals surface area (Å²) in [6.45, 7) is 1.65. The van der Waals surface area contributed by atoms with Crippen molar-refractivity contribution in [3.8, 4) is 22.9 Å². The average molecular weight is 512 g/mol. The molecule has 2 N–H and O–H groups in total. The Bertz CT molecular complexity index is 1680. The first-order valence-corrected chi connectivity index (χ1v) is 10.4. The van der Waals surface area contributed by atoms with E-state index in [9.17, 15) is 27.2 Å². The summed E-state index contributed by atoms with van der Waals surface area (Å²) >= 11 is 0. The van der Waals surface area contributed by atoms with Gasteiger partial charge in [-0.2, -0.15) is 18.4 Å². The smallest absolute Gasteiger partial charge is 0.383 e. The van der Waals surface area contributed by atoms with Crippen molar-refractivity contribution in [2.75, 3.05) is 5.73 Å². The Kier molecular flexibility index (Phi) is 5.51. The summed E-state index contributed by atoms with van der Waals surface area (Å²) in [7, 11) is 0. The molecule has 5 rings (SSSR count). The van der Waals surface area contributed by atoms with Crippen LogP contribution in [0.15, 0.2) is 43.1 Å². The van der Waals surface area contributed by atoms with Crippen molar-refractivity contribution in [2.45, 2.75) is 19.1 Å². The second-order valence-corrected chi connectivity index (χ2v) is 7.82. The number of nitrogen functional groups attached to an aromatic ring is 1. The number of aromatic nitrogens is 8. The molecule has 1 atom stereocenters. The minimum Gasteiger partial charge on any atom is -0.383 e. The van der Waals surface area contributed by atoms with E-state index in [0.29, 0.717) is 6.07 Å². The highest BCUT2D eigenvalue weighted by molar-refractivity contribution is 6.03. The van der Waals surface area contributed by atoms with E-state index in [4.69, 9.17) is 5.73 Å². The molecule has 0 unspecified atom stereocenters. The molecule has 0 bridgehead atoms. The topological polar surface area (TPSA) is 137 Å². The van der Waals surface area contributed by atoms with Gasteiger partial charge in [0.1, 0.15) is 46.8 Å². The fourth-order valence-corrected chi connectivity index (χ4v) is 3.91. The van der Waals surface area contributed by atoms with Crippen molar-refractivity contribution >= 4 is 16.9 Å². The summed E-state index contributed by atoms with van der Waals surface area (Å²) in [5, 5.41) is 18.2. The summed E-state index contributed by atoms with van der Waals surface area (Å²) in [6, 6.07) is 4.25. The van der Waals surface area contributed by atoms with Gasteiger partial charge in [-0.3, -0.25) is 0 Å². The Labute approximate surface area is 203 Å². The summed E-state index contributed by atoms with van der Waals surface area (Å²) in [5.41, 5.74) is 6.67. The van der Waals surface area contributed by atoms with Gasteiger partial charge in [-0.15, -0.1) is 5.10 Å². The molecule has 1 aromatic carbocycles. The minimum atomic E-state index is -4.75. The van der Waals surface area contributed by atoms with E-state index in [1.807, 2.05) is 6.07 Å². The van der Waals surface area contributed by atoms with Crippen LogP contribution in [0.5, 0.6) is 0 Å². The molecule has 37 heavy (non-hydrogen) atoms. The van der Waals surface area contributed by atoms with Gasteiger partial charge in [0.2, 0.25) is 5.82 Å². The van der Waals surface area contributed by atoms with Crippen LogP contribution in [0.2, 0.25) is 0 Å². The number of halogens is 5. The van der Waals surface area contributed by atoms with E-state index in [1.54, 1.807) is 6.92 Å². The molecule has 0 radical (unpaired) electrons. The highest BCUT2D eigenvalue weighted by Gasteiger charge is 2.35. The van der Waals surface area contributed by atoms with Crippen molar-refractivity contribution in [1.82, 2.24) is 39.5 Å². The lowest BCUT2D eigenvalue weighted by molar-refractivity contribution is -0.144. The molecule has 0 aliphatic rings. The maximum Gasteiger partial charge on any atom is 0.451 e. The highest BCUT2D eigenvalue weighted by atomic mass is 19.4. The van der Waals surface area contributed by atoms with E-state index in [2.05, 4.69) is 30.2 Å². The number of rotatable bonds is 4. The van der Waals surface area contributed by atoms with E-state index in [0.717, 1.165) is 23.1 Å². The monoisotopic (exact) mass is 512 g/mol. The molecule has 10 nitrogen and oxygen atoms in total. The number of nitriles is 1. The van der Waals surface area contributed by atoms with Gasteiger partial charge in [0.15, 0.2) is 5.82 Å². The molecule has 0 fully saturated rings. The lowest BCUT2D eigenvalue weighted by atomic mass is 10.1. The first-order chi connectivity index (χ1) is 17.6. The quantitative estimate of drug-likeness (QED) is 0.359. The van der Waals surface area contributed by atoms with Gasteiger partial charge in [0, 0.05) is 29.6 Å². The van der Waals surface area contributed by atoms with Gasteiger partial charge in [0.05, 0.1) is 17.6 Å². The Morgan fingerprint density at radius 1 is 1.08 bits per heavy atom. The van der Waals surface area contributed by atoms with E-state index >= 15 is 0 Å². The maximum absolute atomic E-state index is 14.2. The maximum atomic E-state index is 14.2. The molecule has 0 aliphatic carbocycles. The van der Waals surface area contributed by atoms with Crippen molar-refractivity contribution in [2.24, 2.45) is 0 Å². The predicted molar refractivity (Wildman–Crippen MR) is 118 cm³/mol. The molecular weight excluding hydrogens is 499 g/mol. The third-order valence-corrected chi connectivity index (χ3v) is 5.60. The van der Waals surface area contributed by atoms with E-state index in [-0.39, 0.29) is 45.1 Å². The van der Waals surface area contributed by atoms with Crippen molar-refractivity contribution in [1.29, 1.82) is 5.26 Å². The Hall–Kier alpha value is -5.00. The minimum absolute atomic E-state index is 0.0272. The predicted octanol–water partition coefficient (Wildman–Crippen LogP) is 3.83. The average Bonchev–Trinajstić information content (AvgIpc) is 3.47. The molecule has 15 heteroatoms. The van der Waals surface area contributed by atoms with Crippen LogP contribution in [0, 0.1) is 23.0 Å².